The number of primary sulfonamides is 1. The molecule has 0 fully saturated rings. The molecule has 0 bridgehead atoms. The summed E-state index contributed by atoms with van der Waals surface area (Å²) in [5.41, 5.74) is 1.84. The van der Waals surface area contributed by atoms with E-state index >= 15 is 0 Å². The smallest absolute Gasteiger partial charge is 0.325 e. The molecule has 10 nitrogen and oxygen atoms in total. The molecule has 0 saturated carbocycles. The molecule has 1 aromatic heterocycles. The lowest BCUT2D eigenvalue weighted by Crippen LogP contribution is -2.25. The van der Waals surface area contributed by atoms with Gasteiger partial charge in [0.05, 0.1) is 23.4 Å². The number of methoxy groups -OCH3 is 1. The Morgan fingerprint density at radius 2 is 1.79 bits per heavy atom. The highest BCUT2D eigenvalue weighted by atomic mass is 32.2. The van der Waals surface area contributed by atoms with Crippen LogP contribution in [0.3, 0.4) is 0 Å². The lowest BCUT2D eigenvalue weighted by atomic mass is 10.1. The first kappa shape index (κ1) is 24.2. The maximum atomic E-state index is 12.5. The number of nitrogens with two attached hydrogens (primary N) is 1. The SMILES string of the molecule is COc1ccccc1NC(=O)Nc1nc(C)c(C(=O)NCCc2ccc(S(N)(=O)=O)cc2)s1. The Balaban J connectivity index is 1.54. The van der Waals surface area contributed by atoms with Crippen molar-refractivity contribution in [2.24, 2.45) is 5.14 Å². The number of hydrogen-bond acceptors (Lipinski definition) is 7. The fourth-order valence-electron chi connectivity index (χ4n) is 2.91. The van der Waals surface area contributed by atoms with E-state index in [4.69, 9.17) is 9.88 Å². The van der Waals surface area contributed by atoms with Crippen LogP contribution in [0.1, 0.15) is 20.9 Å². The molecule has 0 radical (unpaired) electrons. The highest BCUT2D eigenvalue weighted by Crippen LogP contribution is 2.25. The van der Waals surface area contributed by atoms with Crippen LogP contribution in [0, 0.1) is 6.92 Å². The van der Waals surface area contributed by atoms with E-state index in [0.717, 1.165) is 16.9 Å². The van der Waals surface area contributed by atoms with E-state index in [0.29, 0.717) is 35.0 Å². The largest absolute Gasteiger partial charge is 0.495 e. The van der Waals surface area contributed by atoms with Crippen molar-refractivity contribution in [1.82, 2.24) is 10.3 Å². The van der Waals surface area contributed by atoms with Crippen LogP contribution in [-0.4, -0.2) is 39.0 Å². The predicted octanol–water partition coefficient (Wildman–Crippen LogP) is 2.72. The van der Waals surface area contributed by atoms with Crippen LogP contribution < -0.4 is 25.8 Å². The van der Waals surface area contributed by atoms with Gasteiger partial charge in [0.25, 0.3) is 5.91 Å². The predicted molar refractivity (Wildman–Crippen MR) is 126 cm³/mol. The standard InChI is InChI=1S/C21H23N5O5S2/c1-13-18(19(27)23-12-11-14-7-9-15(10-8-14)33(22,29)30)32-21(24-13)26-20(28)25-16-5-3-4-6-17(16)31-2/h3-10H,11-12H2,1-2H3,(H,23,27)(H2,22,29,30)(H2,24,25,26,28). The quantitative estimate of drug-likeness (QED) is 0.382. The number of amides is 3. The minimum atomic E-state index is -3.74. The third kappa shape index (κ3) is 6.51. The van der Waals surface area contributed by atoms with Crippen molar-refractivity contribution in [2.45, 2.75) is 18.2 Å². The summed E-state index contributed by atoms with van der Waals surface area (Å²) in [6.45, 7) is 2.02. The Bertz CT molecular complexity index is 1260. The second-order valence-electron chi connectivity index (χ2n) is 6.91. The molecule has 1 heterocycles. The molecule has 0 aliphatic rings. The Labute approximate surface area is 195 Å². The van der Waals surface area contributed by atoms with Crippen LogP contribution in [0.25, 0.3) is 0 Å². The van der Waals surface area contributed by atoms with Gasteiger partial charge in [0.2, 0.25) is 10.0 Å². The summed E-state index contributed by atoms with van der Waals surface area (Å²) in [5.74, 6) is 0.201. The average molecular weight is 490 g/mol. The number of anilines is 2. The molecular weight excluding hydrogens is 466 g/mol. The van der Waals surface area contributed by atoms with Gasteiger partial charge in [-0.05, 0) is 43.2 Å². The molecule has 174 valence electrons. The summed E-state index contributed by atoms with van der Waals surface area (Å²) in [5, 5.41) is 13.5. The van der Waals surface area contributed by atoms with E-state index in [-0.39, 0.29) is 15.9 Å². The number of thiazole rings is 1. The number of aryl methyl sites for hydroxylation is 1. The van der Waals surface area contributed by atoms with Crippen LogP contribution >= 0.6 is 11.3 Å². The van der Waals surface area contributed by atoms with Crippen molar-refractivity contribution in [3.63, 3.8) is 0 Å². The Morgan fingerprint density at radius 3 is 2.45 bits per heavy atom. The molecule has 5 N–H and O–H groups in total. The topological polar surface area (TPSA) is 153 Å². The number of sulfonamides is 1. The number of carbonyl (C=O) groups excluding carboxylic acids is 2. The highest BCUT2D eigenvalue weighted by Gasteiger charge is 2.17. The molecule has 3 rings (SSSR count). The summed E-state index contributed by atoms with van der Waals surface area (Å²) in [4.78, 5) is 29.5. The third-order valence-corrected chi connectivity index (χ3v) is 6.53. The van der Waals surface area contributed by atoms with E-state index in [1.165, 1.54) is 19.2 Å². The highest BCUT2D eigenvalue weighted by molar-refractivity contribution is 7.89. The number of carbonyl (C=O) groups is 2. The van der Waals surface area contributed by atoms with E-state index in [1.807, 2.05) is 0 Å². The van der Waals surface area contributed by atoms with Gasteiger partial charge < -0.3 is 15.4 Å². The van der Waals surface area contributed by atoms with Gasteiger partial charge in [-0.3, -0.25) is 10.1 Å². The van der Waals surface area contributed by atoms with Crippen molar-refractivity contribution < 1.29 is 22.7 Å². The van der Waals surface area contributed by atoms with Crippen molar-refractivity contribution >= 4 is 44.1 Å². The lowest BCUT2D eigenvalue weighted by molar-refractivity contribution is 0.0957. The van der Waals surface area contributed by atoms with Gasteiger partial charge >= 0.3 is 6.03 Å². The molecule has 12 heteroatoms. The van der Waals surface area contributed by atoms with Crippen LogP contribution in [0.15, 0.2) is 53.4 Å². The molecule has 0 atom stereocenters. The maximum Gasteiger partial charge on any atom is 0.325 e. The molecule has 0 spiro atoms. The Kier molecular flexibility index (Phi) is 7.63. The van der Waals surface area contributed by atoms with Crippen molar-refractivity contribution in [3.05, 3.63) is 64.7 Å². The number of aromatic nitrogens is 1. The second kappa shape index (κ2) is 10.4. The normalized spacial score (nSPS) is 11.0. The Morgan fingerprint density at radius 1 is 1.09 bits per heavy atom. The van der Waals surface area contributed by atoms with Crippen LogP contribution in [0.5, 0.6) is 5.75 Å². The number of nitrogens with zero attached hydrogens (tertiary/aromatic N) is 1. The van der Waals surface area contributed by atoms with Gasteiger partial charge in [-0.2, -0.15) is 0 Å². The fourth-order valence-corrected chi connectivity index (χ4v) is 4.30. The minimum Gasteiger partial charge on any atom is -0.495 e. The molecule has 0 saturated heterocycles. The number of benzene rings is 2. The number of rotatable bonds is 8. The number of nitrogens with one attached hydrogen (secondary N) is 3. The van der Waals surface area contributed by atoms with Crippen molar-refractivity contribution in [2.75, 3.05) is 24.3 Å². The van der Waals surface area contributed by atoms with Crippen LogP contribution in [-0.2, 0) is 16.4 Å². The van der Waals surface area contributed by atoms with Gasteiger partial charge in [0.15, 0.2) is 5.13 Å². The second-order valence-corrected chi connectivity index (χ2v) is 9.47. The van der Waals surface area contributed by atoms with Gasteiger partial charge in [-0.15, -0.1) is 0 Å². The minimum absolute atomic E-state index is 0.0327. The van der Waals surface area contributed by atoms with Gasteiger partial charge in [-0.25, -0.2) is 23.3 Å². The molecule has 3 amide bonds. The van der Waals surface area contributed by atoms with Gasteiger partial charge in [0, 0.05) is 6.54 Å². The van der Waals surface area contributed by atoms with Crippen molar-refractivity contribution in [3.8, 4) is 5.75 Å². The Hall–Kier alpha value is -3.48. The number of urea groups is 1. The summed E-state index contributed by atoms with van der Waals surface area (Å²) in [6.07, 6.45) is 0.501. The molecule has 33 heavy (non-hydrogen) atoms. The fraction of sp³-hybridized carbons (Fsp3) is 0.190. The van der Waals surface area contributed by atoms with Gasteiger partial charge in [-0.1, -0.05) is 35.6 Å². The van der Waals surface area contributed by atoms with Crippen LogP contribution in [0.2, 0.25) is 0 Å². The maximum absolute atomic E-state index is 12.5. The lowest BCUT2D eigenvalue weighted by Gasteiger charge is -2.09. The summed E-state index contributed by atoms with van der Waals surface area (Å²) in [7, 11) is -2.23. The third-order valence-electron chi connectivity index (χ3n) is 4.53. The number of para-hydroxylation sites is 2. The van der Waals surface area contributed by atoms with E-state index < -0.39 is 16.1 Å². The van der Waals surface area contributed by atoms with E-state index in [1.54, 1.807) is 43.3 Å². The van der Waals surface area contributed by atoms with Gasteiger partial charge in [0.1, 0.15) is 10.6 Å². The summed E-state index contributed by atoms with van der Waals surface area (Å²) in [6, 6.07) is 12.6. The molecule has 3 aromatic rings. The molecule has 0 aliphatic carbocycles. The van der Waals surface area contributed by atoms with Crippen molar-refractivity contribution in [1.29, 1.82) is 0 Å². The summed E-state index contributed by atoms with van der Waals surface area (Å²) < 4.78 is 27.8. The zero-order valence-corrected chi connectivity index (χ0v) is 19.5. The first-order chi connectivity index (χ1) is 15.7. The molecule has 0 unspecified atom stereocenters. The average Bonchev–Trinajstić information content (AvgIpc) is 3.13. The number of hydrogen-bond donors (Lipinski definition) is 4. The zero-order valence-electron chi connectivity index (χ0n) is 17.9. The summed E-state index contributed by atoms with van der Waals surface area (Å²) >= 11 is 1.06. The van der Waals surface area contributed by atoms with Crippen LogP contribution in [0.4, 0.5) is 15.6 Å². The first-order valence-corrected chi connectivity index (χ1v) is 12.1. The molecule has 2 aromatic carbocycles. The van der Waals surface area contributed by atoms with E-state index in [2.05, 4.69) is 20.9 Å². The first-order valence-electron chi connectivity index (χ1n) is 9.76. The monoisotopic (exact) mass is 489 g/mol. The number of ether oxygens (including phenoxy) is 1. The van der Waals surface area contributed by atoms with E-state index in [9.17, 15) is 18.0 Å². The molecule has 0 aliphatic heterocycles. The zero-order chi connectivity index (χ0) is 24.0. The molecular formula is C21H23N5O5S2.